The van der Waals surface area contributed by atoms with Crippen LogP contribution in [0.1, 0.15) is 39.7 Å². The van der Waals surface area contributed by atoms with E-state index >= 15 is 0 Å². The summed E-state index contributed by atoms with van der Waals surface area (Å²) in [5, 5.41) is 16.4. The van der Waals surface area contributed by atoms with E-state index in [1.807, 2.05) is 36.4 Å². The van der Waals surface area contributed by atoms with Crippen LogP contribution in [0.2, 0.25) is 0 Å². The number of hydrogen-bond acceptors (Lipinski definition) is 7. The smallest absolute Gasteiger partial charge is 0.341 e. The van der Waals surface area contributed by atoms with E-state index in [-0.39, 0.29) is 17.7 Å². The predicted octanol–water partition coefficient (Wildman–Crippen LogP) is 3.58. The summed E-state index contributed by atoms with van der Waals surface area (Å²) < 4.78 is 6.15. The summed E-state index contributed by atoms with van der Waals surface area (Å²) in [6.45, 7) is 6.61. The first-order valence-corrected chi connectivity index (χ1v) is 10.7. The van der Waals surface area contributed by atoms with E-state index in [0.717, 1.165) is 15.1 Å². The molecule has 32 heavy (non-hydrogen) atoms. The van der Waals surface area contributed by atoms with Gasteiger partial charge in [0.2, 0.25) is 5.91 Å². The molecule has 3 aromatic rings. The molecule has 8 nitrogen and oxygen atoms in total. The molecule has 1 N–H and O–H groups in total. The lowest BCUT2D eigenvalue weighted by atomic mass is 10.1. The highest BCUT2D eigenvalue weighted by molar-refractivity contribution is 7.20. The van der Waals surface area contributed by atoms with Crippen LogP contribution in [0, 0.1) is 32.1 Å². The standard InChI is InChI=1S/C23H22N4O4S/c1-5-31-23(30)19-14(3)20(16-9-7-6-8-10-16)32-21(19)25-18(28)12-27-22(29)17(11-24)13(2)15(4)26-27/h6-10H,5,12H2,1-4H3,(H,25,28). The molecular weight excluding hydrogens is 428 g/mol. The van der Waals surface area contributed by atoms with Crippen molar-refractivity contribution in [3.05, 3.63) is 68.6 Å². The van der Waals surface area contributed by atoms with Crippen molar-refractivity contribution in [1.29, 1.82) is 5.26 Å². The Bertz CT molecular complexity index is 1290. The Labute approximate surface area is 189 Å². The molecule has 0 aliphatic rings. The van der Waals surface area contributed by atoms with Crippen molar-refractivity contribution in [3.63, 3.8) is 0 Å². The number of aryl methyl sites for hydroxylation is 1. The first kappa shape index (κ1) is 22.9. The molecule has 0 bridgehead atoms. The van der Waals surface area contributed by atoms with Gasteiger partial charge < -0.3 is 10.1 Å². The fourth-order valence-electron chi connectivity index (χ4n) is 3.23. The summed E-state index contributed by atoms with van der Waals surface area (Å²) >= 11 is 1.26. The number of nitrogens with zero attached hydrogens (tertiary/aromatic N) is 3. The molecule has 2 aromatic heterocycles. The number of aromatic nitrogens is 2. The number of thiophene rings is 1. The van der Waals surface area contributed by atoms with Gasteiger partial charge in [-0.1, -0.05) is 30.3 Å². The zero-order valence-corrected chi connectivity index (χ0v) is 19.0. The van der Waals surface area contributed by atoms with Crippen molar-refractivity contribution in [2.75, 3.05) is 11.9 Å². The summed E-state index contributed by atoms with van der Waals surface area (Å²) in [5.74, 6) is -1.08. The maximum Gasteiger partial charge on any atom is 0.341 e. The summed E-state index contributed by atoms with van der Waals surface area (Å²) in [5.41, 5.74) is 2.18. The Balaban J connectivity index is 1.97. The van der Waals surface area contributed by atoms with Gasteiger partial charge in [0.05, 0.1) is 17.9 Å². The van der Waals surface area contributed by atoms with E-state index in [9.17, 15) is 19.6 Å². The van der Waals surface area contributed by atoms with Crippen molar-refractivity contribution in [3.8, 4) is 16.5 Å². The fourth-order valence-corrected chi connectivity index (χ4v) is 4.44. The molecular formula is C23H22N4O4S. The minimum absolute atomic E-state index is 0.0455. The van der Waals surface area contributed by atoms with Gasteiger partial charge in [0.15, 0.2) is 0 Å². The molecule has 1 aromatic carbocycles. The summed E-state index contributed by atoms with van der Waals surface area (Å²) in [6.07, 6.45) is 0. The monoisotopic (exact) mass is 450 g/mol. The average molecular weight is 451 g/mol. The van der Waals surface area contributed by atoms with E-state index in [2.05, 4.69) is 10.4 Å². The van der Waals surface area contributed by atoms with Crippen molar-refractivity contribution in [2.24, 2.45) is 0 Å². The largest absolute Gasteiger partial charge is 0.462 e. The van der Waals surface area contributed by atoms with Gasteiger partial charge in [-0.3, -0.25) is 9.59 Å². The number of amides is 1. The molecule has 1 amide bonds. The minimum atomic E-state index is -0.635. The topological polar surface area (TPSA) is 114 Å². The average Bonchev–Trinajstić information content (AvgIpc) is 3.09. The normalized spacial score (nSPS) is 10.5. The summed E-state index contributed by atoms with van der Waals surface area (Å²) in [6, 6.07) is 11.4. The summed E-state index contributed by atoms with van der Waals surface area (Å²) in [7, 11) is 0. The summed E-state index contributed by atoms with van der Waals surface area (Å²) in [4.78, 5) is 38.7. The lowest BCUT2D eigenvalue weighted by molar-refractivity contribution is -0.117. The third-order valence-electron chi connectivity index (χ3n) is 4.96. The Kier molecular flexibility index (Phi) is 6.85. The molecule has 0 saturated heterocycles. The molecule has 0 radical (unpaired) electrons. The number of anilines is 1. The van der Waals surface area contributed by atoms with Gasteiger partial charge in [0.25, 0.3) is 5.56 Å². The highest BCUT2D eigenvalue weighted by Crippen LogP contribution is 2.40. The third kappa shape index (κ3) is 4.45. The first-order chi connectivity index (χ1) is 15.3. The van der Waals surface area contributed by atoms with Gasteiger partial charge in [-0.15, -0.1) is 11.3 Å². The highest BCUT2D eigenvalue weighted by Gasteiger charge is 2.25. The Hall–Kier alpha value is -3.77. The predicted molar refractivity (Wildman–Crippen MR) is 122 cm³/mol. The highest BCUT2D eigenvalue weighted by atomic mass is 32.1. The molecule has 0 atom stereocenters. The molecule has 0 unspecified atom stereocenters. The van der Waals surface area contributed by atoms with E-state index in [0.29, 0.717) is 21.8 Å². The zero-order chi connectivity index (χ0) is 23.4. The van der Waals surface area contributed by atoms with Crippen LogP contribution in [0.5, 0.6) is 0 Å². The number of nitriles is 1. The van der Waals surface area contributed by atoms with Crippen LogP contribution >= 0.6 is 11.3 Å². The number of nitrogens with one attached hydrogen (secondary N) is 1. The molecule has 3 rings (SSSR count). The van der Waals surface area contributed by atoms with Crippen LogP contribution < -0.4 is 10.9 Å². The zero-order valence-electron chi connectivity index (χ0n) is 18.2. The number of benzene rings is 1. The lowest BCUT2D eigenvalue weighted by Gasteiger charge is -2.10. The number of ether oxygens (including phenoxy) is 1. The van der Waals surface area contributed by atoms with Crippen molar-refractivity contribution in [1.82, 2.24) is 9.78 Å². The van der Waals surface area contributed by atoms with Crippen LogP contribution in [-0.4, -0.2) is 28.3 Å². The van der Waals surface area contributed by atoms with Gasteiger partial charge in [0.1, 0.15) is 23.2 Å². The molecule has 0 aliphatic carbocycles. The number of rotatable bonds is 6. The quantitative estimate of drug-likeness (QED) is 0.574. The van der Waals surface area contributed by atoms with Gasteiger partial charge in [-0.05, 0) is 44.4 Å². The second-order valence-corrected chi connectivity index (χ2v) is 8.08. The van der Waals surface area contributed by atoms with Gasteiger partial charge in [0, 0.05) is 4.88 Å². The van der Waals surface area contributed by atoms with Crippen molar-refractivity contribution in [2.45, 2.75) is 34.2 Å². The molecule has 0 fully saturated rings. The van der Waals surface area contributed by atoms with E-state index < -0.39 is 24.0 Å². The van der Waals surface area contributed by atoms with Crippen LogP contribution in [0.25, 0.3) is 10.4 Å². The van der Waals surface area contributed by atoms with Crippen LogP contribution in [-0.2, 0) is 16.1 Å². The number of esters is 1. The molecule has 0 spiro atoms. The molecule has 0 saturated carbocycles. The first-order valence-electron chi connectivity index (χ1n) is 9.92. The number of hydrogen-bond donors (Lipinski definition) is 1. The SMILES string of the molecule is CCOC(=O)c1c(NC(=O)Cn2nc(C)c(C)c(C#N)c2=O)sc(-c2ccccc2)c1C. The Morgan fingerprint density at radius 1 is 1.19 bits per heavy atom. The van der Waals surface area contributed by atoms with E-state index in [1.54, 1.807) is 27.7 Å². The van der Waals surface area contributed by atoms with Crippen molar-refractivity contribution >= 4 is 28.2 Å². The van der Waals surface area contributed by atoms with Crippen molar-refractivity contribution < 1.29 is 14.3 Å². The van der Waals surface area contributed by atoms with Gasteiger partial charge in [-0.25, -0.2) is 9.48 Å². The van der Waals surface area contributed by atoms with Crippen LogP contribution in [0.4, 0.5) is 5.00 Å². The third-order valence-corrected chi connectivity index (χ3v) is 6.21. The minimum Gasteiger partial charge on any atom is -0.462 e. The van der Waals surface area contributed by atoms with E-state index in [4.69, 9.17) is 4.74 Å². The maximum absolute atomic E-state index is 12.8. The van der Waals surface area contributed by atoms with Crippen LogP contribution in [0.3, 0.4) is 0 Å². The fraction of sp³-hybridized carbons (Fsp3) is 0.261. The number of carbonyl (C=O) groups is 2. The Morgan fingerprint density at radius 3 is 2.50 bits per heavy atom. The lowest BCUT2D eigenvalue weighted by Crippen LogP contribution is -2.32. The second kappa shape index (κ2) is 9.58. The number of carbonyl (C=O) groups excluding carboxylic acids is 2. The second-order valence-electron chi connectivity index (χ2n) is 7.05. The Morgan fingerprint density at radius 2 is 1.88 bits per heavy atom. The van der Waals surface area contributed by atoms with E-state index in [1.165, 1.54) is 11.3 Å². The maximum atomic E-state index is 12.8. The van der Waals surface area contributed by atoms with Gasteiger partial charge in [-0.2, -0.15) is 10.4 Å². The molecule has 9 heteroatoms. The molecule has 164 valence electrons. The van der Waals surface area contributed by atoms with Crippen LogP contribution in [0.15, 0.2) is 35.1 Å². The van der Waals surface area contributed by atoms with Gasteiger partial charge >= 0.3 is 5.97 Å². The molecule has 2 heterocycles. The molecule has 0 aliphatic heterocycles.